The summed E-state index contributed by atoms with van der Waals surface area (Å²) in [4.78, 5) is 18.5. The molecule has 0 atom stereocenters. The van der Waals surface area contributed by atoms with Crippen molar-refractivity contribution in [1.82, 2.24) is 9.88 Å². The van der Waals surface area contributed by atoms with Crippen molar-refractivity contribution in [3.05, 3.63) is 42.1 Å². The van der Waals surface area contributed by atoms with Crippen LogP contribution in [0.2, 0.25) is 0 Å². The number of hydrogen-bond donors (Lipinski definition) is 1. The molecule has 1 amide bonds. The van der Waals surface area contributed by atoms with Gasteiger partial charge < -0.3 is 10.6 Å². The summed E-state index contributed by atoms with van der Waals surface area (Å²) in [6.07, 6.45) is 1.69. The Hall–Kier alpha value is -1.94. The van der Waals surface area contributed by atoms with Crippen LogP contribution in [0, 0.1) is 5.92 Å². The average Bonchev–Trinajstić information content (AvgIpc) is 2.36. The molecule has 2 heterocycles. The van der Waals surface area contributed by atoms with Crippen molar-refractivity contribution in [1.29, 1.82) is 0 Å². The second-order valence-electron chi connectivity index (χ2n) is 4.69. The summed E-state index contributed by atoms with van der Waals surface area (Å²) < 4.78 is 0. The number of fused-ring (bicyclic) bond motifs is 1. The second-order valence-corrected chi connectivity index (χ2v) is 4.69. The van der Waals surface area contributed by atoms with E-state index in [1.165, 1.54) is 0 Å². The van der Waals surface area contributed by atoms with Crippen LogP contribution in [0.4, 0.5) is 0 Å². The van der Waals surface area contributed by atoms with Crippen LogP contribution in [0.3, 0.4) is 0 Å². The highest BCUT2D eigenvalue weighted by molar-refractivity contribution is 6.06. The molecule has 2 aromatic rings. The zero-order chi connectivity index (χ0) is 12.5. The van der Waals surface area contributed by atoms with Gasteiger partial charge in [0.15, 0.2) is 0 Å². The largest absolute Gasteiger partial charge is 0.338 e. The number of nitrogens with two attached hydrogens (primary N) is 1. The molecule has 0 unspecified atom stereocenters. The van der Waals surface area contributed by atoms with Gasteiger partial charge in [-0.1, -0.05) is 18.2 Å². The van der Waals surface area contributed by atoms with Crippen LogP contribution < -0.4 is 5.73 Å². The highest BCUT2D eigenvalue weighted by atomic mass is 16.2. The van der Waals surface area contributed by atoms with Crippen molar-refractivity contribution in [2.45, 2.75) is 0 Å². The average molecular weight is 241 g/mol. The summed E-state index contributed by atoms with van der Waals surface area (Å²) in [5.41, 5.74) is 7.17. The summed E-state index contributed by atoms with van der Waals surface area (Å²) in [7, 11) is 0. The Balaban J connectivity index is 1.93. The van der Waals surface area contributed by atoms with Gasteiger partial charge in [0.05, 0.1) is 11.1 Å². The zero-order valence-corrected chi connectivity index (χ0v) is 10.0. The van der Waals surface area contributed by atoms with E-state index in [0.29, 0.717) is 12.5 Å². The first-order chi connectivity index (χ1) is 8.79. The fraction of sp³-hybridized carbons (Fsp3) is 0.286. The minimum Gasteiger partial charge on any atom is -0.338 e. The number of carbonyl (C=O) groups is 1. The lowest BCUT2D eigenvalue weighted by atomic mass is 9.98. The molecule has 1 aromatic carbocycles. The monoisotopic (exact) mass is 241 g/mol. The number of likely N-dealkylation sites (tertiary alicyclic amines) is 1. The summed E-state index contributed by atoms with van der Waals surface area (Å²) in [5, 5.41) is 0.918. The molecule has 92 valence electrons. The summed E-state index contributed by atoms with van der Waals surface area (Å²) in [6, 6.07) is 9.51. The number of nitrogens with zero attached hydrogens (tertiary/aromatic N) is 2. The highest BCUT2D eigenvalue weighted by Crippen LogP contribution is 2.22. The van der Waals surface area contributed by atoms with Crippen LogP contribution in [0.5, 0.6) is 0 Å². The van der Waals surface area contributed by atoms with E-state index in [0.717, 1.165) is 29.6 Å². The van der Waals surface area contributed by atoms with E-state index < -0.39 is 0 Å². The first-order valence-electron chi connectivity index (χ1n) is 6.12. The standard InChI is InChI=1S/C14H15N3O/c15-7-10-8-17(9-10)14(18)12-5-6-16-13-4-2-1-3-11(12)13/h1-6,10H,7-9,15H2. The lowest BCUT2D eigenvalue weighted by Crippen LogP contribution is -2.52. The fourth-order valence-electron chi connectivity index (χ4n) is 2.34. The minimum absolute atomic E-state index is 0.0818. The SMILES string of the molecule is NCC1CN(C(=O)c2ccnc3ccccc23)C1. The van der Waals surface area contributed by atoms with E-state index in [1.807, 2.05) is 29.2 Å². The van der Waals surface area contributed by atoms with Gasteiger partial charge in [-0.15, -0.1) is 0 Å². The number of benzene rings is 1. The molecular weight excluding hydrogens is 226 g/mol. The van der Waals surface area contributed by atoms with Gasteiger partial charge >= 0.3 is 0 Å². The van der Waals surface area contributed by atoms with Gasteiger partial charge in [-0.2, -0.15) is 0 Å². The molecule has 2 N–H and O–H groups in total. The normalized spacial score (nSPS) is 15.7. The van der Waals surface area contributed by atoms with E-state index in [1.54, 1.807) is 12.3 Å². The Morgan fingerprint density at radius 3 is 2.89 bits per heavy atom. The molecule has 0 radical (unpaired) electrons. The van der Waals surface area contributed by atoms with Crippen molar-refractivity contribution in [2.75, 3.05) is 19.6 Å². The minimum atomic E-state index is 0.0818. The summed E-state index contributed by atoms with van der Waals surface area (Å²) in [5.74, 6) is 0.542. The van der Waals surface area contributed by atoms with Gasteiger partial charge in [-0.05, 0) is 18.7 Å². The Kier molecular flexibility index (Phi) is 2.72. The number of rotatable bonds is 2. The van der Waals surface area contributed by atoms with E-state index >= 15 is 0 Å². The van der Waals surface area contributed by atoms with Crippen LogP contribution in [-0.2, 0) is 0 Å². The van der Waals surface area contributed by atoms with Gasteiger partial charge in [0.25, 0.3) is 5.91 Å². The van der Waals surface area contributed by atoms with E-state index in [-0.39, 0.29) is 5.91 Å². The van der Waals surface area contributed by atoms with Gasteiger partial charge in [0.1, 0.15) is 0 Å². The van der Waals surface area contributed by atoms with Gasteiger partial charge in [0, 0.05) is 30.6 Å². The number of carbonyl (C=O) groups excluding carboxylic acids is 1. The third-order valence-corrected chi connectivity index (χ3v) is 3.46. The molecule has 1 fully saturated rings. The van der Waals surface area contributed by atoms with Crippen LogP contribution in [0.15, 0.2) is 36.5 Å². The van der Waals surface area contributed by atoms with Gasteiger partial charge in [0.2, 0.25) is 0 Å². The number of para-hydroxylation sites is 1. The van der Waals surface area contributed by atoms with Gasteiger partial charge in [-0.3, -0.25) is 9.78 Å². The molecule has 0 saturated carbocycles. The third kappa shape index (κ3) is 1.75. The molecule has 0 bridgehead atoms. The van der Waals surface area contributed by atoms with Crippen molar-refractivity contribution >= 4 is 16.8 Å². The predicted molar refractivity (Wildman–Crippen MR) is 70.2 cm³/mol. The van der Waals surface area contributed by atoms with E-state index in [9.17, 15) is 4.79 Å². The first kappa shape index (κ1) is 11.2. The van der Waals surface area contributed by atoms with Gasteiger partial charge in [-0.25, -0.2) is 0 Å². The Bertz CT molecular complexity index is 585. The molecule has 3 rings (SSSR count). The molecule has 4 heteroatoms. The molecular formula is C14H15N3O. The van der Waals surface area contributed by atoms with Crippen molar-refractivity contribution in [3.63, 3.8) is 0 Å². The van der Waals surface area contributed by atoms with E-state index in [4.69, 9.17) is 5.73 Å². The van der Waals surface area contributed by atoms with Crippen molar-refractivity contribution < 1.29 is 4.79 Å². The van der Waals surface area contributed by atoms with Crippen LogP contribution in [0.1, 0.15) is 10.4 Å². The quantitative estimate of drug-likeness (QED) is 0.861. The van der Waals surface area contributed by atoms with Crippen LogP contribution >= 0.6 is 0 Å². The van der Waals surface area contributed by atoms with Crippen LogP contribution in [-0.4, -0.2) is 35.4 Å². The Labute approximate surface area is 105 Å². The van der Waals surface area contributed by atoms with Crippen molar-refractivity contribution in [2.24, 2.45) is 11.7 Å². The maximum Gasteiger partial charge on any atom is 0.254 e. The fourth-order valence-corrected chi connectivity index (χ4v) is 2.34. The number of pyridine rings is 1. The predicted octanol–water partition coefficient (Wildman–Crippen LogP) is 1.27. The maximum atomic E-state index is 12.4. The third-order valence-electron chi connectivity index (χ3n) is 3.46. The van der Waals surface area contributed by atoms with Crippen molar-refractivity contribution in [3.8, 4) is 0 Å². The smallest absolute Gasteiger partial charge is 0.254 e. The summed E-state index contributed by atoms with van der Waals surface area (Å²) >= 11 is 0. The topological polar surface area (TPSA) is 59.2 Å². The first-order valence-corrected chi connectivity index (χ1v) is 6.12. The Morgan fingerprint density at radius 1 is 1.33 bits per heavy atom. The lowest BCUT2D eigenvalue weighted by Gasteiger charge is -2.38. The maximum absolute atomic E-state index is 12.4. The molecule has 1 aromatic heterocycles. The number of aromatic nitrogens is 1. The number of amides is 1. The van der Waals surface area contributed by atoms with Crippen LogP contribution in [0.25, 0.3) is 10.9 Å². The zero-order valence-electron chi connectivity index (χ0n) is 10.0. The molecule has 1 saturated heterocycles. The molecule has 18 heavy (non-hydrogen) atoms. The molecule has 0 spiro atoms. The summed E-state index contributed by atoms with van der Waals surface area (Å²) in [6.45, 7) is 2.19. The molecule has 1 aliphatic heterocycles. The molecule has 4 nitrogen and oxygen atoms in total. The molecule has 0 aliphatic carbocycles. The Morgan fingerprint density at radius 2 is 2.11 bits per heavy atom. The van der Waals surface area contributed by atoms with E-state index in [2.05, 4.69) is 4.98 Å². The highest BCUT2D eigenvalue weighted by Gasteiger charge is 2.30. The number of hydrogen-bond acceptors (Lipinski definition) is 3. The lowest BCUT2D eigenvalue weighted by molar-refractivity contribution is 0.0517. The second kappa shape index (κ2) is 4.38. The molecule has 1 aliphatic rings.